The normalized spacial score (nSPS) is 20.3. The van der Waals surface area contributed by atoms with Gasteiger partial charge in [0.25, 0.3) is 5.91 Å². The van der Waals surface area contributed by atoms with Crippen molar-refractivity contribution in [2.24, 2.45) is 5.92 Å². The molecule has 0 N–H and O–H groups in total. The van der Waals surface area contributed by atoms with Gasteiger partial charge < -0.3 is 9.80 Å². The van der Waals surface area contributed by atoms with E-state index in [-0.39, 0.29) is 17.4 Å². The molecule has 3 aliphatic rings. The van der Waals surface area contributed by atoms with Crippen LogP contribution in [0.5, 0.6) is 0 Å². The first-order chi connectivity index (χ1) is 17.3. The Hall–Kier alpha value is -2.66. The summed E-state index contributed by atoms with van der Waals surface area (Å²) in [6, 6.07) is 16.6. The average Bonchev–Trinajstić information content (AvgIpc) is 3.42. The topological polar surface area (TPSA) is 43.9 Å². The molecule has 0 radical (unpaired) electrons. The zero-order valence-corrected chi connectivity index (χ0v) is 22.2. The zero-order valence-electron chi connectivity index (χ0n) is 22.2. The van der Waals surface area contributed by atoms with Gasteiger partial charge in [-0.3, -0.25) is 14.5 Å². The van der Waals surface area contributed by atoms with Crippen molar-refractivity contribution in [2.45, 2.75) is 70.9 Å². The molecule has 0 aromatic heterocycles. The van der Waals surface area contributed by atoms with E-state index in [1.54, 1.807) is 0 Å². The summed E-state index contributed by atoms with van der Waals surface area (Å²) in [6.45, 7) is 11.0. The van der Waals surface area contributed by atoms with Crippen LogP contribution in [0.1, 0.15) is 73.5 Å². The van der Waals surface area contributed by atoms with Crippen LogP contribution in [-0.4, -0.2) is 65.3 Å². The predicted octanol–water partition coefficient (Wildman–Crippen LogP) is 4.89. The van der Waals surface area contributed by atoms with Gasteiger partial charge in [0, 0.05) is 44.8 Å². The molecule has 1 atom stereocenters. The van der Waals surface area contributed by atoms with E-state index in [1.165, 1.54) is 29.5 Å². The summed E-state index contributed by atoms with van der Waals surface area (Å²) in [4.78, 5) is 33.6. The van der Waals surface area contributed by atoms with Crippen molar-refractivity contribution >= 4 is 11.8 Å². The first kappa shape index (κ1) is 25.0. The number of hydrogen-bond donors (Lipinski definition) is 0. The lowest BCUT2D eigenvalue weighted by Gasteiger charge is -2.43. The molecule has 1 saturated heterocycles. The Morgan fingerprint density at radius 3 is 2.08 bits per heavy atom. The van der Waals surface area contributed by atoms with E-state index in [0.29, 0.717) is 24.9 Å². The maximum absolute atomic E-state index is 13.9. The van der Waals surface area contributed by atoms with Crippen molar-refractivity contribution in [1.82, 2.24) is 14.7 Å². The van der Waals surface area contributed by atoms with Crippen molar-refractivity contribution in [2.75, 3.05) is 32.7 Å². The molecule has 5 heteroatoms. The van der Waals surface area contributed by atoms with Crippen LogP contribution in [0.4, 0.5) is 0 Å². The van der Waals surface area contributed by atoms with E-state index in [4.69, 9.17) is 0 Å². The number of benzene rings is 2. The van der Waals surface area contributed by atoms with Gasteiger partial charge in [-0.05, 0) is 59.4 Å². The second-order valence-electron chi connectivity index (χ2n) is 11.9. The van der Waals surface area contributed by atoms with Gasteiger partial charge in [-0.1, -0.05) is 70.0 Å². The molecular formula is C31H41N3O2. The van der Waals surface area contributed by atoms with Crippen LogP contribution in [0.2, 0.25) is 0 Å². The Balaban J connectivity index is 1.25. The van der Waals surface area contributed by atoms with E-state index in [0.717, 1.165) is 51.0 Å². The fraction of sp³-hybridized carbons (Fsp3) is 0.548. The highest BCUT2D eigenvalue weighted by Gasteiger charge is 2.40. The average molecular weight is 488 g/mol. The number of piperazine rings is 1. The monoisotopic (exact) mass is 487 g/mol. The second-order valence-corrected chi connectivity index (χ2v) is 11.9. The first-order valence-electron chi connectivity index (χ1n) is 13.8. The first-order valence-corrected chi connectivity index (χ1v) is 13.8. The molecule has 0 bridgehead atoms. The maximum atomic E-state index is 13.9. The number of nitrogens with zero attached hydrogens (tertiary/aromatic N) is 3. The molecule has 36 heavy (non-hydrogen) atoms. The minimum Gasteiger partial charge on any atom is -0.337 e. The van der Waals surface area contributed by atoms with Gasteiger partial charge in [0.05, 0.1) is 6.04 Å². The Morgan fingerprint density at radius 2 is 1.44 bits per heavy atom. The van der Waals surface area contributed by atoms with E-state index >= 15 is 0 Å². The van der Waals surface area contributed by atoms with Crippen molar-refractivity contribution < 1.29 is 9.59 Å². The van der Waals surface area contributed by atoms with Gasteiger partial charge in [-0.15, -0.1) is 0 Å². The summed E-state index contributed by atoms with van der Waals surface area (Å²) in [7, 11) is 0. The van der Waals surface area contributed by atoms with Gasteiger partial charge >= 0.3 is 0 Å². The highest BCUT2D eigenvalue weighted by Crippen LogP contribution is 2.33. The molecule has 5 nitrogen and oxygen atoms in total. The van der Waals surface area contributed by atoms with Gasteiger partial charge in [0.15, 0.2) is 0 Å². The van der Waals surface area contributed by atoms with Crippen molar-refractivity contribution in [1.29, 1.82) is 0 Å². The fourth-order valence-corrected chi connectivity index (χ4v) is 6.30. The van der Waals surface area contributed by atoms with Gasteiger partial charge in [-0.2, -0.15) is 0 Å². The maximum Gasteiger partial charge on any atom is 0.253 e. The third-order valence-electron chi connectivity index (χ3n) is 8.53. The van der Waals surface area contributed by atoms with Crippen molar-refractivity contribution in [3.8, 4) is 0 Å². The Labute approximate surface area is 216 Å². The van der Waals surface area contributed by atoms with Crippen LogP contribution in [0.25, 0.3) is 0 Å². The molecular weight excluding hydrogens is 446 g/mol. The summed E-state index contributed by atoms with van der Waals surface area (Å²) in [5.74, 6) is 0.835. The van der Waals surface area contributed by atoms with Gasteiger partial charge in [0.2, 0.25) is 5.91 Å². The largest absolute Gasteiger partial charge is 0.337 e. The van der Waals surface area contributed by atoms with Crippen molar-refractivity contribution in [3.05, 3.63) is 70.8 Å². The fourth-order valence-electron chi connectivity index (χ4n) is 6.30. The highest BCUT2D eigenvalue weighted by molar-refractivity contribution is 5.94. The standard InChI is InChI=1S/C31H41N3O2/c1-31(2,3)27-14-12-25(13-15-27)29(35)33-20-18-32(19-21-33)28(24-9-5-6-10-24)30(36)34-17-16-23-8-4-7-11-26(23)22-34/h4,7-8,11-15,24,28H,5-6,9-10,16-22H2,1-3H3/t28-/m1/s1. The van der Waals surface area contributed by atoms with Crippen LogP contribution < -0.4 is 0 Å². The molecule has 2 fully saturated rings. The lowest BCUT2D eigenvalue weighted by atomic mass is 9.86. The highest BCUT2D eigenvalue weighted by atomic mass is 16.2. The lowest BCUT2D eigenvalue weighted by Crippen LogP contribution is -2.58. The van der Waals surface area contributed by atoms with Crippen LogP contribution >= 0.6 is 0 Å². The molecule has 2 aromatic rings. The summed E-state index contributed by atoms with van der Waals surface area (Å²) in [5.41, 5.74) is 4.73. The van der Waals surface area contributed by atoms with E-state index < -0.39 is 0 Å². The van der Waals surface area contributed by atoms with E-state index in [1.807, 2.05) is 17.0 Å². The molecule has 1 saturated carbocycles. The number of rotatable bonds is 4. The number of amides is 2. The molecule has 0 unspecified atom stereocenters. The number of hydrogen-bond acceptors (Lipinski definition) is 3. The molecule has 2 amide bonds. The van der Waals surface area contributed by atoms with E-state index in [9.17, 15) is 9.59 Å². The van der Waals surface area contributed by atoms with Crippen LogP contribution in [0.15, 0.2) is 48.5 Å². The Bertz CT molecular complexity index is 1070. The zero-order chi connectivity index (χ0) is 25.3. The molecule has 2 aliphatic heterocycles. The van der Waals surface area contributed by atoms with Crippen LogP contribution in [-0.2, 0) is 23.2 Å². The molecule has 5 rings (SSSR count). The molecule has 192 valence electrons. The number of carbonyl (C=O) groups is 2. The summed E-state index contributed by atoms with van der Waals surface area (Å²) in [5, 5.41) is 0. The summed E-state index contributed by atoms with van der Waals surface area (Å²) < 4.78 is 0. The smallest absolute Gasteiger partial charge is 0.253 e. The third-order valence-corrected chi connectivity index (χ3v) is 8.53. The molecule has 2 aromatic carbocycles. The Kier molecular flexibility index (Phi) is 7.21. The molecule has 2 heterocycles. The molecule has 1 aliphatic carbocycles. The second kappa shape index (κ2) is 10.4. The SMILES string of the molecule is CC(C)(C)c1ccc(C(=O)N2CCN([C@@H](C(=O)N3CCc4ccccc4C3)C3CCCC3)CC2)cc1. The lowest BCUT2D eigenvalue weighted by molar-refractivity contribution is -0.141. The summed E-state index contributed by atoms with van der Waals surface area (Å²) in [6.07, 6.45) is 5.66. The minimum absolute atomic E-state index is 0.0546. The summed E-state index contributed by atoms with van der Waals surface area (Å²) >= 11 is 0. The minimum atomic E-state index is -0.0546. The quantitative estimate of drug-likeness (QED) is 0.617. The predicted molar refractivity (Wildman–Crippen MR) is 144 cm³/mol. The van der Waals surface area contributed by atoms with Crippen LogP contribution in [0, 0.1) is 5.92 Å². The number of fused-ring (bicyclic) bond motifs is 1. The Morgan fingerprint density at radius 1 is 0.806 bits per heavy atom. The number of carbonyl (C=O) groups excluding carboxylic acids is 2. The van der Waals surface area contributed by atoms with Crippen molar-refractivity contribution in [3.63, 3.8) is 0 Å². The van der Waals surface area contributed by atoms with Crippen LogP contribution in [0.3, 0.4) is 0 Å². The molecule has 0 spiro atoms. The third kappa shape index (κ3) is 5.22. The van der Waals surface area contributed by atoms with Gasteiger partial charge in [0.1, 0.15) is 0 Å². The van der Waals surface area contributed by atoms with E-state index in [2.05, 4.69) is 67.0 Å². The van der Waals surface area contributed by atoms with Gasteiger partial charge in [-0.25, -0.2) is 0 Å².